The summed E-state index contributed by atoms with van der Waals surface area (Å²) >= 11 is 0. The summed E-state index contributed by atoms with van der Waals surface area (Å²) in [6.45, 7) is 10.7. The summed E-state index contributed by atoms with van der Waals surface area (Å²) in [7, 11) is 1.36. The minimum Gasteiger partial charge on any atom is -0.480 e. The predicted molar refractivity (Wildman–Crippen MR) is 153 cm³/mol. The topological polar surface area (TPSA) is 140 Å². The Balaban J connectivity index is 0.000000226. The maximum absolute atomic E-state index is 12.1. The quantitative estimate of drug-likeness (QED) is 0.258. The average molecular weight is 581 g/mol. The summed E-state index contributed by atoms with van der Waals surface area (Å²) in [5, 5.41) is 14.7. The van der Waals surface area contributed by atoms with Gasteiger partial charge in [-0.05, 0) is 128 Å². The zero-order chi connectivity index (χ0) is 30.6. The molecule has 0 radical (unpaired) electrons. The number of esters is 1. The van der Waals surface area contributed by atoms with Crippen LogP contribution in [0.25, 0.3) is 0 Å². The minimum atomic E-state index is -0.960. The number of ether oxygens (including phenoxy) is 3. The molecule has 3 N–H and O–H groups in total. The number of rotatable bonds is 6. The molecule has 0 saturated heterocycles. The van der Waals surface area contributed by atoms with Gasteiger partial charge in [0.1, 0.15) is 23.3 Å². The Morgan fingerprint density at radius 1 is 0.707 bits per heavy atom. The highest BCUT2D eigenvalue weighted by Gasteiger charge is 2.49. The molecule has 4 atom stereocenters. The molecule has 0 aromatic heterocycles. The fourth-order valence-corrected chi connectivity index (χ4v) is 6.58. The van der Waals surface area contributed by atoms with E-state index in [1.54, 1.807) is 41.5 Å². The van der Waals surface area contributed by atoms with Gasteiger partial charge >= 0.3 is 24.1 Å². The van der Waals surface area contributed by atoms with Gasteiger partial charge in [-0.1, -0.05) is 12.8 Å². The first-order valence-electron chi connectivity index (χ1n) is 15.3. The number of carboxylic acid groups (broad SMARTS) is 1. The van der Waals surface area contributed by atoms with Crippen molar-refractivity contribution >= 4 is 24.1 Å². The van der Waals surface area contributed by atoms with E-state index in [0.717, 1.165) is 38.5 Å². The molecule has 0 heterocycles. The second kappa shape index (κ2) is 12.8. The van der Waals surface area contributed by atoms with Crippen LogP contribution >= 0.6 is 0 Å². The lowest BCUT2D eigenvalue weighted by molar-refractivity contribution is -0.145. The Hall–Kier alpha value is -2.52. The van der Waals surface area contributed by atoms with E-state index in [9.17, 15) is 24.3 Å². The van der Waals surface area contributed by atoms with Crippen molar-refractivity contribution in [3.05, 3.63) is 0 Å². The van der Waals surface area contributed by atoms with E-state index in [1.807, 2.05) is 0 Å². The molecule has 0 aromatic rings. The van der Waals surface area contributed by atoms with Crippen LogP contribution < -0.4 is 10.6 Å². The molecule has 10 nitrogen and oxygen atoms in total. The van der Waals surface area contributed by atoms with Crippen molar-refractivity contribution in [3.8, 4) is 0 Å². The molecule has 4 aliphatic carbocycles. The summed E-state index contributed by atoms with van der Waals surface area (Å²) in [4.78, 5) is 47.3. The largest absolute Gasteiger partial charge is 0.480 e. The molecule has 4 saturated carbocycles. The van der Waals surface area contributed by atoms with Gasteiger partial charge in [-0.15, -0.1) is 0 Å². The van der Waals surface area contributed by atoms with Crippen LogP contribution in [0.15, 0.2) is 0 Å². The Morgan fingerprint density at radius 3 is 1.44 bits per heavy atom. The van der Waals surface area contributed by atoms with Crippen molar-refractivity contribution < 1.29 is 38.5 Å². The highest BCUT2D eigenvalue weighted by molar-refractivity contribution is 5.82. The lowest BCUT2D eigenvalue weighted by Gasteiger charge is -2.34. The Labute approximate surface area is 245 Å². The van der Waals surface area contributed by atoms with E-state index in [1.165, 1.54) is 45.6 Å². The summed E-state index contributed by atoms with van der Waals surface area (Å²) in [6, 6.07) is -1.43. The highest BCUT2D eigenvalue weighted by atomic mass is 16.6. The number of alkyl carbamates (subject to hydrolysis) is 2. The molecule has 0 aliphatic heterocycles. The van der Waals surface area contributed by atoms with Crippen LogP contribution in [0.1, 0.15) is 119 Å². The van der Waals surface area contributed by atoms with Gasteiger partial charge in [0.25, 0.3) is 0 Å². The average Bonchev–Trinajstić information content (AvgIpc) is 3.78. The lowest BCUT2D eigenvalue weighted by Crippen LogP contribution is -2.49. The number of carboxylic acids is 1. The molecule has 4 fully saturated rings. The van der Waals surface area contributed by atoms with Gasteiger partial charge in [-0.2, -0.15) is 0 Å². The number of hydrogen-bond donors (Lipinski definition) is 3. The van der Waals surface area contributed by atoms with Crippen LogP contribution in [0.2, 0.25) is 0 Å². The van der Waals surface area contributed by atoms with E-state index in [-0.39, 0.29) is 17.8 Å². The van der Waals surface area contributed by atoms with Crippen LogP contribution in [-0.2, 0) is 23.8 Å². The van der Waals surface area contributed by atoms with Crippen molar-refractivity contribution in [2.75, 3.05) is 7.11 Å². The van der Waals surface area contributed by atoms with Gasteiger partial charge in [-0.3, -0.25) is 0 Å². The molecule has 0 bridgehead atoms. The third-order valence-electron chi connectivity index (χ3n) is 8.88. The molecule has 2 amide bonds. The van der Waals surface area contributed by atoms with Crippen LogP contribution in [-0.4, -0.2) is 59.6 Å². The highest BCUT2D eigenvalue weighted by Crippen LogP contribution is 2.58. The smallest absolute Gasteiger partial charge is 0.408 e. The molecule has 0 aromatic carbocycles. The summed E-state index contributed by atoms with van der Waals surface area (Å²) < 4.78 is 15.3. The first-order chi connectivity index (χ1) is 19.0. The lowest BCUT2D eigenvalue weighted by atomic mass is 9.75. The molecular weight excluding hydrogens is 528 g/mol. The van der Waals surface area contributed by atoms with Crippen LogP contribution in [0.4, 0.5) is 9.59 Å². The van der Waals surface area contributed by atoms with Gasteiger partial charge in [-0.25, -0.2) is 19.2 Å². The Kier molecular flexibility index (Phi) is 10.3. The van der Waals surface area contributed by atoms with Crippen LogP contribution in [0.5, 0.6) is 0 Å². The Morgan fingerprint density at radius 2 is 1.10 bits per heavy atom. The minimum absolute atomic E-state index is 0.0243. The fraction of sp³-hybridized carbons (Fsp3) is 0.871. The van der Waals surface area contributed by atoms with Crippen molar-refractivity contribution in [2.45, 2.75) is 142 Å². The van der Waals surface area contributed by atoms with Crippen molar-refractivity contribution in [1.82, 2.24) is 10.6 Å². The number of nitrogens with one attached hydrogen (secondary N) is 2. The predicted octanol–water partition coefficient (Wildman–Crippen LogP) is 5.96. The van der Waals surface area contributed by atoms with E-state index in [0.29, 0.717) is 10.8 Å². The number of carbonyl (C=O) groups excluding carboxylic acids is 3. The zero-order valence-corrected chi connectivity index (χ0v) is 26.1. The maximum atomic E-state index is 12.1. The number of amides is 2. The molecule has 234 valence electrons. The van der Waals surface area contributed by atoms with Crippen molar-refractivity contribution in [3.63, 3.8) is 0 Å². The van der Waals surface area contributed by atoms with Gasteiger partial charge in [0.15, 0.2) is 0 Å². The van der Waals surface area contributed by atoms with E-state index in [4.69, 9.17) is 14.2 Å². The molecular formula is C31H52N2O8. The van der Waals surface area contributed by atoms with Gasteiger partial charge < -0.3 is 30.0 Å². The summed E-state index contributed by atoms with van der Waals surface area (Å²) in [5.41, 5.74) is -0.372. The number of carbonyl (C=O) groups is 4. The van der Waals surface area contributed by atoms with Gasteiger partial charge in [0, 0.05) is 0 Å². The normalized spacial score (nSPS) is 25.4. The number of aliphatic carboxylic acids is 1. The second-order valence-corrected chi connectivity index (χ2v) is 14.8. The SMILES string of the molecule is CC(C)(C)OC(=O)N[C@H](C(=O)O)[C@H]1CCCC2(CC2)C1.COC(=O)[C@@H](NC(=O)OC(C)(C)C)[C@H]1CCCC2(CC2)C1. The zero-order valence-electron chi connectivity index (χ0n) is 26.1. The van der Waals surface area contributed by atoms with Crippen molar-refractivity contribution in [2.24, 2.45) is 22.7 Å². The van der Waals surface area contributed by atoms with E-state index < -0.39 is 41.4 Å². The number of hydrogen-bond acceptors (Lipinski definition) is 7. The van der Waals surface area contributed by atoms with Gasteiger partial charge in [0.05, 0.1) is 7.11 Å². The van der Waals surface area contributed by atoms with Gasteiger partial charge in [0.2, 0.25) is 0 Å². The second-order valence-electron chi connectivity index (χ2n) is 14.8. The van der Waals surface area contributed by atoms with E-state index in [2.05, 4.69) is 10.6 Å². The molecule has 4 rings (SSSR count). The Bertz CT molecular complexity index is 958. The molecule has 2 spiro atoms. The molecule has 4 aliphatic rings. The third kappa shape index (κ3) is 10.4. The number of methoxy groups -OCH3 is 1. The third-order valence-corrected chi connectivity index (χ3v) is 8.88. The monoisotopic (exact) mass is 580 g/mol. The summed E-state index contributed by atoms with van der Waals surface area (Å²) in [6.07, 6.45) is 12.1. The molecule has 41 heavy (non-hydrogen) atoms. The molecule has 10 heteroatoms. The van der Waals surface area contributed by atoms with Crippen LogP contribution in [0.3, 0.4) is 0 Å². The standard InChI is InChI=1S/C16H27NO4.C15H25NO4/c1-15(2,3)21-14(19)17-12(13(18)20-4)11-6-5-7-16(10-11)8-9-16;1-14(2,3)20-13(19)16-11(12(17)18)10-5-4-6-15(9-10)7-8-15/h11-12H,5-10H2,1-4H3,(H,17,19);10-11H,4-9H2,1-3H3,(H,16,19)(H,17,18)/t11-,12-;10-,11-/m00/s1. The maximum Gasteiger partial charge on any atom is 0.408 e. The first-order valence-corrected chi connectivity index (χ1v) is 15.3. The molecule has 0 unspecified atom stereocenters. The fourth-order valence-electron chi connectivity index (χ4n) is 6.58. The first kappa shape index (κ1) is 33.0. The summed E-state index contributed by atoms with van der Waals surface area (Å²) in [5.74, 6) is -1.15. The van der Waals surface area contributed by atoms with Crippen molar-refractivity contribution in [1.29, 1.82) is 0 Å². The van der Waals surface area contributed by atoms with E-state index >= 15 is 0 Å². The van der Waals surface area contributed by atoms with Crippen LogP contribution in [0, 0.1) is 22.7 Å².